The molecule has 0 saturated carbocycles. The molecule has 0 aliphatic rings. The molecule has 0 heterocycles. The first-order valence-corrected chi connectivity index (χ1v) is 11.5. The van der Waals surface area contributed by atoms with Gasteiger partial charge in [-0.05, 0) is 65.8 Å². The third-order valence-electron chi connectivity index (χ3n) is 5.31. The van der Waals surface area contributed by atoms with Gasteiger partial charge in [0.2, 0.25) is 5.91 Å². The number of carbonyl (C=O) groups excluding carboxylic acids is 2. The third-order valence-corrected chi connectivity index (χ3v) is 5.31. The zero-order valence-electron chi connectivity index (χ0n) is 19.5. The molecule has 35 heavy (non-hydrogen) atoms. The molecule has 3 aromatic carbocycles. The maximum absolute atomic E-state index is 13.2. The minimum atomic E-state index is -0.515. The molecule has 0 spiro atoms. The largest absolute Gasteiger partial charge is 0.482 e. The number of nitrogens with one attached hydrogen (secondary N) is 1. The van der Waals surface area contributed by atoms with Gasteiger partial charge in [-0.3, -0.25) is 4.79 Å². The zero-order valence-corrected chi connectivity index (χ0v) is 19.5. The summed E-state index contributed by atoms with van der Waals surface area (Å²) in [5, 5.41) is 2.95. The summed E-state index contributed by atoms with van der Waals surface area (Å²) in [6, 6.07) is 21.9. The molecular weight excluding hydrogens is 445 g/mol. The monoisotopic (exact) mass is 473 g/mol. The van der Waals surface area contributed by atoms with Gasteiger partial charge in [0.1, 0.15) is 11.6 Å². The molecule has 0 saturated heterocycles. The van der Waals surface area contributed by atoms with Crippen LogP contribution in [0.25, 0.3) is 11.1 Å². The normalized spacial score (nSPS) is 10.3. The minimum Gasteiger partial charge on any atom is -0.482 e. The van der Waals surface area contributed by atoms with Gasteiger partial charge in [-0.2, -0.15) is 0 Å². The first kappa shape index (κ1) is 25.5. The van der Waals surface area contributed by atoms with Crippen molar-refractivity contribution in [2.24, 2.45) is 0 Å². The molecular formula is C29H28FNO4. The van der Waals surface area contributed by atoms with E-state index in [0.717, 1.165) is 41.5 Å². The van der Waals surface area contributed by atoms with E-state index in [0.29, 0.717) is 18.7 Å². The molecule has 6 heteroatoms. The van der Waals surface area contributed by atoms with E-state index in [1.165, 1.54) is 12.1 Å². The number of carbonyl (C=O) groups is 2. The standard InChI is InChI=1S/C29H28FNO4/c1-2-18-34-29(33)21-35-27-16-14-25(15-17-27)24-12-10-23(11-13-24)20-31-28(32)9-4-3-6-22-7-5-8-26(30)19-22/h1,5,7-8,10-17,19H,3-4,6,9,18,20-21H2,(H,31,32). The Morgan fingerprint density at radius 1 is 0.914 bits per heavy atom. The average molecular weight is 474 g/mol. The van der Waals surface area contributed by atoms with Crippen LogP contribution in [0.1, 0.15) is 30.4 Å². The highest BCUT2D eigenvalue weighted by atomic mass is 19.1. The van der Waals surface area contributed by atoms with Crippen LogP contribution in [0.5, 0.6) is 5.75 Å². The van der Waals surface area contributed by atoms with E-state index < -0.39 is 5.97 Å². The summed E-state index contributed by atoms with van der Waals surface area (Å²) in [4.78, 5) is 23.6. The fraction of sp³-hybridized carbons (Fsp3) is 0.241. The highest BCUT2D eigenvalue weighted by Gasteiger charge is 2.06. The number of hydrogen-bond acceptors (Lipinski definition) is 4. The van der Waals surface area contributed by atoms with Gasteiger partial charge in [-0.15, -0.1) is 6.42 Å². The minimum absolute atomic E-state index is 0.00656. The second-order valence-corrected chi connectivity index (χ2v) is 7.99. The van der Waals surface area contributed by atoms with Gasteiger partial charge in [0.25, 0.3) is 0 Å². The number of benzene rings is 3. The van der Waals surface area contributed by atoms with E-state index in [4.69, 9.17) is 15.9 Å². The SMILES string of the molecule is C#CCOC(=O)COc1ccc(-c2ccc(CNC(=O)CCCCc3cccc(F)c3)cc2)cc1. The average Bonchev–Trinajstić information content (AvgIpc) is 2.88. The molecule has 0 fully saturated rings. The van der Waals surface area contributed by atoms with Crippen molar-refractivity contribution in [2.75, 3.05) is 13.2 Å². The van der Waals surface area contributed by atoms with Crippen LogP contribution in [0.4, 0.5) is 4.39 Å². The summed E-state index contributed by atoms with van der Waals surface area (Å²) in [5.74, 6) is 2.05. The number of unbranched alkanes of at least 4 members (excludes halogenated alkanes) is 1. The van der Waals surface area contributed by atoms with Crippen LogP contribution >= 0.6 is 0 Å². The number of terminal acetylenes is 1. The second kappa shape index (κ2) is 13.6. The van der Waals surface area contributed by atoms with Crippen molar-refractivity contribution >= 4 is 11.9 Å². The molecule has 0 atom stereocenters. The Balaban J connectivity index is 1.38. The molecule has 0 bridgehead atoms. The highest BCUT2D eigenvalue weighted by Crippen LogP contribution is 2.23. The molecule has 0 radical (unpaired) electrons. The predicted molar refractivity (Wildman–Crippen MR) is 133 cm³/mol. The Labute approximate surface area is 205 Å². The summed E-state index contributed by atoms with van der Waals surface area (Å²) in [7, 11) is 0. The van der Waals surface area contributed by atoms with Crippen LogP contribution in [0.15, 0.2) is 72.8 Å². The van der Waals surface area contributed by atoms with E-state index in [1.54, 1.807) is 18.2 Å². The van der Waals surface area contributed by atoms with Crippen molar-refractivity contribution < 1.29 is 23.5 Å². The Morgan fingerprint density at radius 3 is 2.31 bits per heavy atom. The molecule has 0 aliphatic heterocycles. The van der Waals surface area contributed by atoms with Gasteiger partial charge in [-0.1, -0.05) is 54.5 Å². The van der Waals surface area contributed by atoms with Gasteiger partial charge in [0.15, 0.2) is 13.2 Å². The molecule has 3 rings (SSSR count). The third kappa shape index (κ3) is 8.98. The molecule has 1 N–H and O–H groups in total. The Bertz CT molecular complexity index is 1150. The summed E-state index contributed by atoms with van der Waals surface area (Å²) >= 11 is 0. The second-order valence-electron chi connectivity index (χ2n) is 7.99. The van der Waals surface area contributed by atoms with Crippen molar-refractivity contribution in [3.05, 3.63) is 89.7 Å². The van der Waals surface area contributed by atoms with Crippen LogP contribution in [-0.4, -0.2) is 25.1 Å². The Morgan fingerprint density at radius 2 is 1.63 bits per heavy atom. The molecule has 0 aromatic heterocycles. The molecule has 0 aliphatic carbocycles. The molecule has 180 valence electrons. The van der Waals surface area contributed by atoms with Crippen molar-refractivity contribution in [1.82, 2.24) is 5.32 Å². The van der Waals surface area contributed by atoms with E-state index in [2.05, 4.69) is 11.2 Å². The summed E-state index contributed by atoms with van der Waals surface area (Å²) in [5.41, 5.74) is 3.99. The van der Waals surface area contributed by atoms with Crippen molar-refractivity contribution in [2.45, 2.75) is 32.2 Å². The van der Waals surface area contributed by atoms with Gasteiger partial charge in [0.05, 0.1) is 0 Å². The van der Waals surface area contributed by atoms with Gasteiger partial charge < -0.3 is 14.8 Å². The quantitative estimate of drug-likeness (QED) is 0.226. The first-order valence-electron chi connectivity index (χ1n) is 11.5. The number of hydrogen-bond donors (Lipinski definition) is 1. The fourth-order valence-electron chi connectivity index (χ4n) is 3.46. The topological polar surface area (TPSA) is 64.6 Å². The summed E-state index contributed by atoms with van der Waals surface area (Å²) in [6.45, 7) is 0.193. The number of ether oxygens (including phenoxy) is 2. The lowest BCUT2D eigenvalue weighted by atomic mass is 10.0. The van der Waals surface area contributed by atoms with E-state index in [9.17, 15) is 14.0 Å². The zero-order chi connectivity index (χ0) is 24.9. The van der Waals surface area contributed by atoms with Crippen molar-refractivity contribution in [3.8, 4) is 29.2 Å². The number of amides is 1. The van der Waals surface area contributed by atoms with Crippen molar-refractivity contribution in [3.63, 3.8) is 0 Å². The van der Waals surface area contributed by atoms with Gasteiger partial charge >= 0.3 is 5.97 Å². The van der Waals surface area contributed by atoms with Crippen LogP contribution in [0, 0.1) is 18.2 Å². The van der Waals surface area contributed by atoms with Crippen LogP contribution in [-0.2, 0) is 27.3 Å². The first-order chi connectivity index (χ1) is 17.0. The summed E-state index contributed by atoms with van der Waals surface area (Å²) < 4.78 is 23.4. The number of rotatable bonds is 12. The van der Waals surface area contributed by atoms with Crippen LogP contribution < -0.4 is 10.1 Å². The van der Waals surface area contributed by atoms with E-state index in [-0.39, 0.29) is 24.9 Å². The number of esters is 1. The molecule has 5 nitrogen and oxygen atoms in total. The lowest BCUT2D eigenvalue weighted by molar-refractivity contribution is -0.144. The summed E-state index contributed by atoms with van der Waals surface area (Å²) in [6.07, 6.45) is 7.85. The van der Waals surface area contributed by atoms with Gasteiger partial charge in [0, 0.05) is 13.0 Å². The lowest BCUT2D eigenvalue weighted by Gasteiger charge is -2.09. The highest BCUT2D eigenvalue weighted by molar-refractivity contribution is 5.75. The van der Waals surface area contributed by atoms with E-state index >= 15 is 0 Å². The Kier molecular flexibility index (Phi) is 9.89. The maximum atomic E-state index is 13.2. The lowest BCUT2D eigenvalue weighted by Crippen LogP contribution is -2.22. The van der Waals surface area contributed by atoms with Crippen LogP contribution in [0.2, 0.25) is 0 Å². The molecule has 1 amide bonds. The van der Waals surface area contributed by atoms with E-state index in [1.807, 2.05) is 42.5 Å². The van der Waals surface area contributed by atoms with Crippen LogP contribution in [0.3, 0.4) is 0 Å². The molecule has 3 aromatic rings. The van der Waals surface area contributed by atoms with Gasteiger partial charge in [-0.25, -0.2) is 9.18 Å². The number of halogens is 1. The fourth-order valence-corrected chi connectivity index (χ4v) is 3.46. The van der Waals surface area contributed by atoms with Crippen molar-refractivity contribution in [1.29, 1.82) is 0 Å². The predicted octanol–water partition coefficient (Wildman–Crippen LogP) is 5.08. The number of aryl methyl sites for hydroxylation is 1. The Hall–Kier alpha value is -4.11. The maximum Gasteiger partial charge on any atom is 0.345 e. The molecule has 0 unspecified atom stereocenters. The smallest absolute Gasteiger partial charge is 0.345 e.